The number of nitrogens with zero attached hydrogens (tertiary/aromatic N) is 1. The molecule has 0 bridgehead atoms. The van der Waals surface area contributed by atoms with Crippen LogP contribution in [0, 0.1) is 11.3 Å². The molecule has 1 aliphatic rings. The van der Waals surface area contributed by atoms with E-state index in [0.717, 1.165) is 19.6 Å². The minimum absolute atomic E-state index is 0.321. The van der Waals surface area contributed by atoms with Crippen LogP contribution in [0.3, 0.4) is 0 Å². The molecule has 1 aliphatic heterocycles. The van der Waals surface area contributed by atoms with Crippen LogP contribution >= 0.6 is 0 Å². The van der Waals surface area contributed by atoms with Crippen molar-refractivity contribution in [2.24, 2.45) is 11.3 Å². The number of aliphatic hydroxyl groups is 1. The molecule has 0 saturated carbocycles. The fourth-order valence-electron chi connectivity index (χ4n) is 2.97. The van der Waals surface area contributed by atoms with E-state index in [1.54, 1.807) is 0 Å². The summed E-state index contributed by atoms with van der Waals surface area (Å²) in [5.41, 5.74) is 0.321. The summed E-state index contributed by atoms with van der Waals surface area (Å²) in [5.74, 6) is 0.505. The Morgan fingerprint density at radius 3 is 2.68 bits per heavy atom. The van der Waals surface area contributed by atoms with Gasteiger partial charge in [-0.15, -0.1) is 0 Å². The molecule has 2 N–H and O–H groups in total. The van der Waals surface area contributed by atoms with Crippen molar-refractivity contribution in [3.05, 3.63) is 0 Å². The average molecular weight is 270 g/mol. The van der Waals surface area contributed by atoms with Gasteiger partial charge in [0.1, 0.15) is 0 Å². The number of nitrogens with one attached hydrogen (secondary N) is 1. The molecule has 1 rings (SSSR count). The van der Waals surface area contributed by atoms with Crippen molar-refractivity contribution in [2.75, 3.05) is 32.8 Å². The molecular formula is C16H34N2O. The molecule has 0 aromatic carbocycles. The molecule has 0 spiro atoms. The fraction of sp³-hybridized carbons (Fsp3) is 1.00. The van der Waals surface area contributed by atoms with Crippen LogP contribution in [-0.4, -0.2) is 48.8 Å². The van der Waals surface area contributed by atoms with Crippen LogP contribution in [0.4, 0.5) is 0 Å². The van der Waals surface area contributed by atoms with Crippen molar-refractivity contribution in [1.29, 1.82) is 0 Å². The first-order valence-corrected chi connectivity index (χ1v) is 8.04. The summed E-state index contributed by atoms with van der Waals surface area (Å²) in [4.78, 5) is 2.54. The highest BCUT2D eigenvalue weighted by atomic mass is 16.3. The highest BCUT2D eigenvalue weighted by molar-refractivity contribution is 4.82. The number of likely N-dealkylation sites (tertiary alicyclic amines) is 1. The summed E-state index contributed by atoms with van der Waals surface area (Å²) < 4.78 is 0. The molecule has 114 valence electrons. The van der Waals surface area contributed by atoms with Gasteiger partial charge in [0, 0.05) is 19.2 Å². The summed E-state index contributed by atoms with van der Waals surface area (Å²) >= 11 is 0. The minimum Gasteiger partial charge on any atom is -0.396 e. The highest BCUT2D eigenvalue weighted by Gasteiger charge is 2.25. The smallest absolute Gasteiger partial charge is 0.0471 e. The zero-order chi connectivity index (χ0) is 14.3. The molecule has 1 saturated heterocycles. The van der Waals surface area contributed by atoms with Crippen molar-refractivity contribution in [3.8, 4) is 0 Å². The summed E-state index contributed by atoms with van der Waals surface area (Å²) in [6, 6.07) is 0.585. The fourth-order valence-corrected chi connectivity index (χ4v) is 2.97. The van der Waals surface area contributed by atoms with E-state index in [0.29, 0.717) is 24.0 Å². The number of aliphatic hydroxyl groups excluding tert-OH is 1. The zero-order valence-electron chi connectivity index (χ0n) is 13.4. The van der Waals surface area contributed by atoms with E-state index in [1.807, 2.05) is 0 Å². The molecule has 19 heavy (non-hydrogen) atoms. The van der Waals surface area contributed by atoms with Gasteiger partial charge in [-0.25, -0.2) is 0 Å². The van der Waals surface area contributed by atoms with E-state index in [2.05, 4.69) is 37.9 Å². The first-order chi connectivity index (χ1) is 8.97. The first kappa shape index (κ1) is 16.9. The van der Waals surface area contributed by atoms with E-state index in [4.69, 9.17) is 0 Å². The zero-order valence-corrected chi connectivity index (χ0v) is 13.4. The molecule has 0 radical (unpaired) electrons. The minimum atomic E-state index is 0.321. The third-order valence-electron chi connectivity index (χ3n) is 4.28. The lowest BCUT2D eigenvalue weighted by atomic mass is 9.84. The Bertz CT molecular complexity index is 237. The molecular weight excluding hydrogens is 236 g/mol. The second-order valence-electron chi connectivity index (χ2n) is 7.15. The van der Waals surface area contributed by atoms with Gasteiger partial charge in [0.25, 0.3) is 0 Å². The van der Waals surface area contributed by atoms with Gasteiger partial charge in [-0.3, -0.25) is 0 Å². The molecule has 0 aromatic heterocycles. The lowest BCUT2D eigenvalue weighted by Gasteiger charge is -2.36. The molecule has 0 amide bonds. The van der Waals surface area contributed by atoms with Crippen molar-refractivity contribution in [1.82, 2.24) is 10.2 Å². The molecule has 2 unspecified atom stereocenters. The van der Waals surface area contributed by atoms with Gasteiger partial charge in [-0.05, 0) is 56.7 Å². The molecule has 3 heteroatoms. The Morgan fingerprint density at radius 1 is 1.37 bits per heavy atom. The Morgan fingerprint density at radius 2 is 2.11 bits per heavy atom. The highest BCUT2D eigenvalue weighted by Crippen LogP contribution is 2.23. The van der Waals surface area contributed by atoms with Gasteiger partial charge in [-0.1, -0.05) is 27.7 Å². The Hall–Kier alpha value is -0.120. The summed E-state index contributed by atoms with van der Waals surface area (Å²) in [6.07, 6.45) is 4.85. The molecule has 1 heterocycles. The third-order valence-corrected chi connectivity index (χ3v) is 4.28. The third kappa shape index (κ3) is 6.24. The Labute approximate surface area is 119 Å². The van der Waals surface area contributed by atoms with E-state index in [1.165, 1.54) is 32.2 Å². The quantitative estimate of drug-likeness (QED) is 0.746. The van der Waals surface area contributed by atoms with Crippen molar-refractivity contribution < 1.29 is 5.11 Å². The number of rotatable bonds is 7. The van der Waals surface area contributed by atoms with Gasteiger partial charge in [-0.2, -0.15) is 0 Å². The van der Waals surface area contributed by atoms with Crippen LogP contribution in [0.1, 0.15) is 53.4 Å². The second-order valence-corrected chi connectivity index (χ2v) is 7.15. The maximum absolute atomic E-state index is 9.29. The van der Waals surface area contributed by atoms with E-state index in [-0.39, 0.29) is 0 Å². The normalized spacial score (nSPS) is 23.5. The molecule has 3 nitrogen and oxygen atoms in total. The average Bonchev–Trinajstić information content (AvgIpc) is 2.37. The summed E-state index contributed by atoms with van der Waals surface area (Å²) in [7, 11) is 0. The van der Waals surface area contributed by atoms with Gasteiger partial charge < -0.3 is 15.3 Å². The SMILES string of the molecule is CCCNC(CCN1CCCC(CO)C1)C(C)(C)C. The molecule has 0 aromatic rings. The van der Waals surface area contributed by atoms with Crippen LogP contribution in [-0.2, 0) is 0 Å². The number of piperidine rings is 1. The topological polar surface area (TPSA) is 35.5 Å². The van der Waals surface area contributed by atoms with Crippen molar-refractivity contribution in [2.45, 2.75) is 59.4 Å². The first-order valence-electron chi connectivity index (χ1n) is 8.04. The van der Waals surface area contributed by atoms with Gasteiger partial charge in [0.2, 0.25) is 0 Å². The Kier molecular flexibility index (Phi) is 7.33. The summed E-state index contributed by atoms with van der Waals surface area (Å²) in [6.45, 7) is 14.1. The standard InChI is InChI=1S/C16H34N2O/c1-5-9-17-15(16(2,3)4)8-11-18-10-6-7-14(12-18)13-19/h14-15,17,19H,5-13H2,1-4H3. The lowest BCUT2D eigenvalue weighted by molar-refractivity contribution is 0.111. The number of hydrogen-bond donors (Lipinski definition) is 2. The Balaban J connectivity index is 2.38. The van der Waals surface area contributed by atoms with Gasteiger partial charge in [0.15, 0.2) is 0 Å². The predicted molar refractivity (Wildman–Crippen MR) is 82.4 cm³/mol. The van der Waals surface area contributed by atoms with Crippen LogP contribution < -0.4 is 5.32 Å². The second kappa shape index (κ2) is 8.23. The maximum Gasteiger partial charge on any atom is 0.0471 e. The van der Waals surface area contributed by atoms with Crippen molar-refractivity contribution >= 4 is 0 Å². The van der Waals surface area contributed by atoms with Crippen molar-refractivity contribution in [3.63, 3.8) is 0 Å². The number of hydrogen-bond acceptors (Lipinski definition) is 3. The van der Waals surface area contributed by atoms with Gasteiger partial charge >= 0.3 is 0 Å². The molecule has 0 aliphatic carbocycles. The van der Waals surface area contributed by atoms with Crippen LogP contribution in [0.15, 0.2) is 0 Å². The molecule has 2 atom stereocenters. The molecule has 1 fully saturated rings. The van der Waals surface area contributed by atoms with Gasteiger partial charge in [0.05, 0.1) is 0 Å². The van der Waals surface area contributed by atoms with Crippen LogP contribution in [0.2, 0.25) is 0 Å². The predicted octanol–water partition coefficient (Wildman–Crippen LogP) is 2.50. The van der Waals surface area contributed by atoms with E-state index < -0.39 is 0 Å². The van der Waals surface area contributed by atoms with E-state index >= 15 is 0 Å². The lowest BCUT2D eigenvalue weighted by Crippen LogP contribution is -2.45. The largest absolute Gasteiger partial charge is 0.396 e. The van der Waals surface area contributed by atoms with Crippen LogP contribution in [0.5, 0.6) is 0 Å². The van der Waals surface area contributed by atoms with E-state index in [9.17, 15) is 5.11 Å². The monoisotopic (exact) mass is 270 g/mol. The maximum atomic E-state index is 9.29. The summed E-state index contributed by atoms with van der Waals surface area (Å²) in [5, 5.41) is 13.0. The van der Waals surface area contributed by atoms with Crippen LogP contribution in [0.25, 0.3) is 0 Å².